The van der Waals surface area contributed by atoms with Crippen molar-refractivity contribution in [2.75, 3.05) is 21.3 Å². The summed E-state index contributed by atoms with van der Waals surface area (Å²) in [5, 5.41) is 6.11. The Labute approximate surface area is 113 Å². The van der Waals surface area contributed by atoms with Gasteiger partial charge in [-0.2, -0.15) is 5.10 Å². The quantitative estimate of drug-likeness (QED) is 0.832. The Morgan fingerprint density at radius 1 is 1.26 bits per heavy atom. The van der Waals surface area contributed by atoms with E-state index in [0.717, 1.165) is 17.1 Å². The highest BCUT2D eigenvalue weighted by molar-refractivity contribution is 5.72. The van der Waals surface area contributed by atoms with Crippen molar-refractivity contribution in [1.29, 1.82) is 0 Å². The van der Waals surface area contributed by atoms with E-state index in [9.17, 15) is 0 Å². The number of rotatable bonds is 4. The van der Waals surface area contributed by atoms with E-state index in [4.69, 9.17) is 9.47 Å². The van der Waals surface area contributed by atoms with Gasteiger partial charge in [0.2, 0.25) is 0 Å². The predicted octanol–water partition coefficient (Wildman–Crippen LogP) is 2.57. The fraction of sp³-hybridized carbons (Fsp3) is 0.267. The maximum absolute atomic E-state index is 5.34. The molecule has 1 unspecified atom stereocenters. The average Bonchev–Trinajstić information content (AvgIpc) is 2.46. The first-order valence-corrected chi connectivity index (χ1v) is 6.08. The van der Waals surface area contributed by atoms with Gasteiger partial charge in [0.05, 0.1) is 20.3 Å². The molecule has 1 atom stereocenters. The Hall–Kier alpha value is -2.23. The molecule has 0 aromatic heterocycles. The highest BCUT2D eigenvalue weighted by atomic mass is 16.5. The van der Waals surface area contributed by atoms with Gasteiger partial charge in [0.1, 0.15) is 11.5 Å². The van der Waals surface area contributed by atoms with Crippen LogP contribution in [0.25, 0.3) is 6.08 Å². The van der Waals surface area contributed by atoms with Crippen LogP contribution in [0.1, 0.15) is 5.56 Å². The van der Waals surface area contributed by atoms with Crippen molar-refractivity contribution in [2.45, 2.75) is 6.04 Å². The Morgan fingerprint density at radius 3 is 2.79 bits per heavy atom. The van der Waals surface area contributed by atoms with Crippen LogP contribution in [0, 0.1) is 0 Å². The number of allylic oxidation sites excluding steroid dienone is 1. The third-order valence-electron chi connectivity index (χ3n) is 2.98. The van der Waals surface area contributed by atoms with Crippen LogP contribution in [0.2, 0.25) is 0 Å². The molecule has 0 amide bonds. The van der Waals surface area contributed by atoms with Crippen molar-refractivity contribution >= 4 is 12.3 Å². The molecule has 0 saturated carbocycles. The number of methoxy groups -OCH3 is 2. The van der Waals surface area contributed by atoms with E-state index in [0.29, 0.717) is 0 Å². The molecule has 1 aromatic rings. The Bertz CT molecular complexity index is 521. The monoisotopic (exact) mass is 258 g/mol. The number of benzene rings is 1. The molecule has 19 heavy (non-hydrogen) atoms. The summed E-state index contributed by atoms with van der Waals surface area (Å²) < 4.78 is 10.6. The maximum Gasteiger partial charge on any atom is 0.126 e. The molecule has 0 saturated heterocycles. The first-order chi connectivity index (χ1) is 9.24. The number of hydrogen-bond donors (Lipinski definition) is 0. The van der Waals surface area contributed by atoms with Gasteiger partial charge >= 0.3 is 0 Å². The van der Waals surface area contributed by atoms with Crippen LogP contribution in [-0.4, -0.2) is 38.5 Å². The molecule has 1 aliphatic heterocycles. The molecule has 0 aliphatic carbocycles. The van der Waals surface area contributed by atoms with Crippen molar-refractivity contribution in [1.82, 2.24) is 5.01 Å². The highest BCUT2D eigenvalue weighted by Gasteiger charge is 2.08. The summed E-state index contributed by atoms with van der Waals surface area (Å²) in [6, 6.07) is 5.89. The molecule has 0 bridgehead atoms. The largest absolute Gasteiger partial charge is 0.497 e. The predicted molar refractivity (Wildman–Crippen MR) is 77.8 cm³/mol. The van der Waals surface area contributed by atoms with Crippen molar-refractivity contribution in [3.05, 3.63) is 42.0 Å². The minimum absolute atomic E-state index is 0.154. The van der Waals surface area contributed by atoms with E-state index in [-0.39, 0.29) is 6.04 Å². The summed E-state index contributed by atoms with van der Waals surface area (Å²) in [5.41, 5.74) is 0.984. The molecular weight excluding hydrogens is 240 g/mol. The Morgan fingerprint density at radius 2 is 2.11 bits per heavy atom. The van der Waals surface area contributed by atoms with Gasteiger partial charge < -0.3 is 9.47 Å². The van der Waals surface area contributed by atoms with Gasteiger partial charge in [-0.25, -0.2) is 0 Å². The fourth-order valence-electron chi connectivity index (χ4n) is 1.87. The third-order valence-corrected chi connectivity index (χ3v) is 2.98. The molecule has 100 valence electrons. The first-order valence-electron chi connectivity index (χ1n) is 6.08. The van der Waals surface area contributed by atoms with Crippen LogP contribution in [0.15, 0.2) is 41.5 Å². The van der Waals surface area contributed by atoms with Gasteiger partial charge in [0, 0.05) is 18.8 Å². The van der Waals surface area contributed by atoms with Gasteiger partial charge in [-0.15, -0.1) is 0 Å². The molecule has 0 spiro atoms. The number of ether oxygens (including phenoxy) is 2. The summed E-state index contributed by atoms with van der Waals surface area (Å²) >= 11 is 0. The smallest absolute Gasteiger partial charge is 0.126 e. The van der Waals surface area contributed by atoms with Crippen LogP contribution in [0.3, 0.4) is 0 Å². The van der Waals surface area contributed by atoms with Crippen molar-refractivity contribution in [2.24, 2.45) is 5.10 Å². The van der Waals surface area contributed by atoms with Crippen LogP contribution >= 0.6 is 0 Å². The standard InChI is InChI=1S/C15H18N2O2/c1-17-13(5-4-10-16-17)7-6-12-11-14(18-2)8-9-15(12)19-3/h4-11,13H,1-3H3/b7-6+. The second-order valence-electron chi connectivity index (χ2n) is 4.18. The normalized spacial score (nSPS) is 18.1. The Balaban J connectivity index is 2.21. The zero-order chi connectivity index (χ0) is 13.7. The minimum atomic E-state index is 0.154. The van der Waals surface area contributed by atoms with E-state index >= 15 is 0 Å². The lowest BCUT2D eigenvalue weighted by atomic mass is 10.1. The van der Waals surface area contributed by atoms with E-state index in [1.165, 1.54) is 0 Å². The third kappa shape index (κ3) is 3.16. The molecule has 0 radical (unpaired) electrons. The molecule has 0 N–H and O–H groups in total. The second kappa shape index (κ2) is 6.09. The molecule has 0 fully saturated rings. The van der Waals surface area contributed by atoms with E-state index in [2.05, 4.69) is 17.3 Å². The zero-order valence-electron chi connectivity index (χ0n) is 11.4. The lowest BCUT2D eigenvalue weighted by Crippen LogP contribution is -2.24. The SMILES string of the molecule is COc1ccc(OC)c(/C=C/C2C=CC=NN2C)c1. The summed E-state index contributed by atoms with van der Waals surface area (Å²) in [7, 11) is 5.26. The van der Waals surface area contributed by atoms with Crippen molar-refractivity contribution in [3.63, 3.8) is 0 Å². The van der Waals surface area contributed by atoms with E-state index in [1.807, 2.05) is 42.4 Å². The summed E-state index contributed by atoms with van der Waals surface area (Å²) in [5.74, 6) is 1.63. The number of hydrogen-bond acceptors (Lipinski definition) is 4. The van der Waals surface area contributed by atoms with Gasteiger partial charge in [-0.05, 0) is 24.3 Å². The van der Waals surface area contributed by atoms with Gasteiger partial charge in [-0.3, -0.25) is 5.01 Å². The van der Waals surface area contributed by atoms with E-state index in [1.54, 1.807) is 20.4 Å². The first kappa shape index (κ1) is 13.2. The van der Waals surface area contributed by atoms with Crippen molar-refractivity contribution in [3.8, 4) is 11.5 Å². The summed E-state index contributed by atoms with van der Waals surface area (Å²) in [6.07, 6.45) is 9.89. The van der Waals surface area contributed by atoms with Crippen LogP contribution in [0.5, 0.6) is 11.5 Å². The molecule has 1 aliphatic rings. The molecule has 4 heteroatoms. The average molecular weight is 258 g/mol. The minimum Gasteiger partial charge on any atom is -0.497 e. The number of nitrogens with zero attached hydrogens (tertiary/aromatic N) is 2. The fourth-order valence-corrected chi connectivity index (χ4v) is 1.87. The lowest BCUT2D eigenvalue weighted by molar-refractivity contribution is 0.337. The van der Waals surface area contributed by atoms with Crippen LogP contribution in [0.4, 0.5) is 0 Å². The zero-order valence-corrected chi connectivity index (χ0v) is 11.4. The van der Waals surface area contributed by atoms with Gasteiger partial charge in [-0.1, -0.05) is 18.2 Å². The summed E-state index contributed by atoms with van der Waals surface area (Å²) in [4.78, 5) is 0. The molecule has 2 rings (SSSR count). The molecule has 1 aromatic carbocycles. The molecule has 1 heterocycles. The van der Waals surface area contributed by atoms with Crippen LogP contribution in [-0.2, 0) is 0 Å². The summed E-state index contributed by atoms with van der Waals surface area (Å²) in [6.45, 7) is 0. The topological polar surface area (TPSA) is 34.1 Å². The van der Waals surface area contributed by atoms with Crippen molar-refractivity contribution < 1.29 is 9.47 Å². The number of hydrazone groups is 1. The molecule has 4 nitrogen and oxygen atoms in total. The lowest BCUT2D eigenvalue weighted by Gasteiger charge is -2.21. The maximum atomic E-state index is 5.34. The number of likely N-dealkylation sites (N-methyl/N-ethyl adjacent to an activating group) is 1. The van der Waals surface area contributed by atoms with E-state index < -0.39 is 0 Å². The Kier molecular flexibility index (Phi) is 4.23. The van der Waals surface area contributed by atoms with Gasteiger partial charge in [0.15, 0.2) is 0 Å². The molecular formula is C15H18N2O2. The highest BCUT2D eigenvalue weighted by Crippen LogP contribution is 2.25. The van der Waals surface area contributed by atoms with Crippen LogP contribution < -0.4 is 9.47 Å². The van der Waals surface area contributed by atoms with Gasteiger partial charge in [0.25, 0.3) is 0 Å². The second-order valence-corrected chi connectivity index (χ2v) is 4.18.